The number of ether oxygens (including phenoxy) is 1. The molecule has 0 radical (unpaired) electrons. The van der Waals surface area contributed by atoms with Crippen molar-refractivity contribution < 1.29 is 4.74 Å². The van der Waals surface area contributed by atoms with Gasteiger partial charge in [-0.2, -0.15) is 5.10 Å². The quantitative estimate of drug-likeness (QED) is 0.728. The lowest BCUT2D eigenvalue weighted by Crippen LogP contribution is -2.40. The highest BCUT2D eigenvalue weighted by Gasteiger charge is 2.27. The first-order valence-corrected chi connectivity index (χ1v) is 11.1. The normalized spacial score (nSPS) is 24.4. The molecule has 0 atom stereocenters. The smallest absolute Gasteiger partial charge is 0.137 e. The predicted molar refractivity (Wildman–Crippen MR) is 115 cm³/mol. The second kappa shape index (κ2) is 8.28. The monoisotopic (exact) mass is 393 g/mol. The van der Waals surface area contributed by atoms with Crippen LogP contribution in [0, 0.1) is 0 Å². The highest BCUT2D eigenvalue weighted by atomic mass is 16.5. The van der Waals surface area contributed by atoms with Gasteiger partial charge in [0, 0.05) is 74.5 Å². The molecule has 1 aliphatic carbocycles. The van der Waals surface area contributed by atoms with Crippen molar-refractivity contribution >= 4 is 11.0 Å². The molecule has 0 aromatic carbocycles. The molecule has 5 rings (SSSR count). The van der Waals surface area contributed by atoms with Gasteiger partial charge in [0.25, 0.3) is 0 Å². The number of fused-ring (bicyclic) bond motifs is 1. The minimum atomic E-state index is 0.623. The maximum atomic E-state index is 5.61. The first-order chi connectivity index (χ1) is 14.3. The van der Waals surface area contributed by atoms with E-state index in [1.807, 2.05) is 17.9 Å². The molecule has 3 aromatic rings. The number of nitrogens with one attached hydrogen (secondary N) is 1. The van der Waals surface area contributed by atoms with Crippen molar-refractivity contribution in [3.8, 4) is 11.1 Å². The van der Waals surface area contributed by atoms with Crippen molar-refractivity contribution in [2.24, 2.45) is 7.05 Å². The maximum absolute atomic E-state index is 5.61. The standard InChI is InChI=1S/C23H31N5O/c1-27-16-19(14-26-27)22-15-25-23-21(22)12-18(13-24-23)17-4-6-20(7-5-17)28-8-2-10-29-11-3-9-28/h12-17,20H,2-11H2,1H3,(H,24,25). The molecular weight excluding hydrogens is 362 g/mol. The van der Waals surface area contributed by atoms with Crippen LogP contribution >= 0.6 is 0 Å². The van der Waals surface area contributed by atoms with E-state index in [9.17, 15) is 0 Å². The Kier molecular flexibility index (Phi) is 5.38. The Labute approximate surface area is 172 Å². The fourth-order valence-corrected chi connectivity index (χ4v) is 5.13. The van der Waals surface area contributed by atoms with Gasteiger partial charge in [-0.1, -0.05) is 0 Å². The van der Waals surface area contributed by atoms with Crippen molar-refractivity contribution in [3.63, 3.8) is 0 Å². The molecule has 0 spiro atoms. The Hall–Kier alpha value is -2.18. The minimum absolute atomic E-state index is 0.623. The fraction of sp³-hybridized carbons (Fsp3) is 0.565. The molecule has 1 saturated heterocycles. The summed E-state index contributed by atoms with van der Waals surface area (Å²) in [5.74, 6) is 0.623. The third-order valence-corrected chi connectivity index (χ3v) is 6.72. The number of H-pyrrole nitrogens is 1. The number of rotatable bonds is 3. The van der Waals surface area contributed by atoms with Gasteiger partial charge in [-0.3, -0.25) is 4.68 Å². The van der Waals surface area contributed by atoms with Gasteiger partial charge in [-0.25, -0.2) is 4.98 Å². The van der Waals surface area contributed by atoms with Gasteiger partial charge >= 0.3 is 0 Å². The van der Waals surface area contributed by atoms with Crippen LogP contribution < -0.4 is 0 Å². The largest absolute Gasteiger partial charge is 0.381 e. The number of hydrogen-bond donors (Lipinski definition) is 1. The number of nitrogens with zero attached hydrogens (tertiary/aromatic N) is 4. The van der Waals surface area contributed by atoms with Gasteiger partial charge in [-0.05, 0) is 56.1 Å². The van der Waals surface area contributed by atoms with Crippen LogP contribution in [-0.2, 0) is 11.8 Å². The summed E-state index contributed by atoms with van der Waals surface area (Å²) in [6, 6.07) is 3.11. The van der Waals surface area contributed by atoms with Gasteiger partial charge in [0.2, 0.25) is 0 Å². The van der Waals surface area contributed by atoms with E-state index in [0.717, 1.165) is 30.5 Å². The van der Waals surface area contributed by atoms with Crippen LogP contribution in [0.1, 0.15) is 50.0 Å². The molecule has 1 saturated carbocycles. The maximum Gasteiger partial charge on any atom is 0.137 e. The zero-order valence-corrected chi connectivity index (χ0v) is 17.3. The van der Waals surface area contributed by atoms with Gasteiger partial charge < -0.3 is 14.6 Å². The van der Waals surface area contributed by atoms with Crippen LogP contribution in [-0.4, -0.2) is 57.0 Å². The van der Waals surface area contributed by atoms with E-state index in [2.05, 4.69) is 39.6 Å². The number of pyridine rings is 1. The summed E-state index contributed by atoms with van der Waals surface area (Å²) in [6.45, 7) is 4.24. The number of aromatic amines is 1. The summed E-state index contributed by atoms with van der Waals surface area (Å²) >= 11 is 0. The lowest BCUT2D eigenvalue weighted by Gasteiger charge is -2.38. The van der Waals surface area contributed by atoms with Gasteiger partial charge in [0.05, 0.1) is 6.20 Å². The van der Waals surface area contributed by atoms with E-state index in [1.165, 1.54) is 68.1 Å². The minimum Gasteiger partial charge on any atom is -0.381 e. The molecule has 1 N–H and O–H groups in total. The van der Waals surface area contributed by atoms with Crippen molar-refractivity contribution in [3.05, 3.63) is 36.4 Å². The average molecular weight is 394 g/mol. The van der Waals surface area contributed by atoms with Crippen molar-refractivity contribution in [2.45, 2.75) is 50.5 Å². The molecular formula is C23H31N5O. The van der Waals surface area contributed by atoms with Crippen LogP contribution in [0.4, 0.5) is 0 Å². The predicted octanol–water partition coefficient (Wildman–Crippen LogP) is 4.10. The van der Waals surface area contributed by atoms with E-state index < -0.39 is 0 Å². The van der Waals surface area contributed by atoms with Crippen molar-refractivity contribution in [1.29, 1.82) is 0 Å². The second-order valence-electron chi connectivity index (χ2n) is 8.63. The molecule has 154 valence electrons. The number of hydrogen-bond acceptors (Lipinski definition) is 4. The van der Waals surface area contributed by atoms with E-state index in [0.29, 0.717) is 5.92 Å². The highest BCUT2D eigenvalue weighted by Crippen LogP contribution is 2.37. The lowest BCUT2D eigenvalue weighted by atomic mass is 9.81. The molecule has 0 amide bonds. The molecule has 0 unspecified atom stereocenters. The van der Waals surface area contributed by atoms with Crippen LogP contribution in [0.2, 0.25) is 0 Å². The molecule has 0 bridgehead atoms. The Bertz CT molecular complexity index is 945. The summed E-state index contributed by atoms with van der Waals surface area (Å²) in [5.41, 5.74) is 4.69. The summed E-state index contributed by atoms with van der Waals surface area (Å²) in [7, 11) is 1.96. The Balaban J connectivity index is 1.30. The SMILES string of the molecule is Cn1cc(-c2c[nH]c3ncc(C4CCC(N5CCCOCCC5)CC4)cc23)cn1. The van der Waals surface area contributed by atoms with Crippen molar-refractivity contribution in [1.82, 2.24) is 24.6 Å². The van der Waals surface area contributed by atoms with E-state index in [-0.39, 0.29) is 0 Å². The highest BCUT2D eigenvalue weighted by molar-refractivity contribution is 5.93. The molecule has 6 nitrogen and oxygen atoms in total. The Morgan fingerprint density at radius 3 is 2.59 bits per heavy atom. The number of aromatic nitrogens is 4. The van der Waals surface area contributed by atoms with Crippen LogP contribution in [0.3, 0.4) is 0 Å². The van der Waals surface area contributed by atoms with Crippen LogP contribution in [0.15, 0.2) is 30.9 Å². The second-order valence-corrected chi connectivity index (χ2v) is 8.63. The summed E-state index contributed by atoms with van der Waals surface area (Å²) in [5, 5.41) is 5.54. The zero-order chi connectivity index (χ0) is 19.6. The van der Waals surface area contributed by atoms with Crippen LogP contribution in [0.5, 0.6) is 0 Å². The molecule has 2 aliphatic rings. The molecule has 3 aromatic heterocycles. The van der Waals surface area contributed by atoms with Gasteiger partial charge in [-0.15, -0.1) is 0 Å². The third-order valence-electron chi connectivity index (χ3n) is 6.72. The van der Waals surface area contributed by atoms with Crippen molar-refractivity contribution in [2.75, 3.05) is 26.3 Å². The van der Waals surface area contributed by atoms with E-state index in [4.69, 9.17) is 9.72 Å². The fourth-order valence-electron chi connectivity index (χ4n) is 5.13. The first-order valence-electron chi connectivity index (χ1n) is 11.1. The summed E-state index contributed by atoms with van der Waals surface area (Å²) < 4.78 is 7.47. The zero-order valence-electron chi connectivity index (χ0n) is 17.3. The number of aryl methyl sites for hydroxylation is 1. The Morgan fingerprint density at radius 2 is 1.86 bits per heavy atom. The summed E-state index contributed by atoms with van der Waals surface area (Å²) in [6.07, 6.45) is 15.6. The third kappa shape index (κ3) is 3.96. The first kappa shape index (κ1) is 18.8. The topological polar surface area (TPSA) is 59.0 Å². The van der Waals surface area contributed by atoms with E-state index >= 15 is 0 Å². The van der Waals surface area contributed by atoms with Crippen LogP contribution in [0.25, 0.3) is 22.2 Å². The van der Waals surface area contributed by atoms with Gasteiger partial charge in [0.1, 0.15) is 5.65 Å². The van der Waals surface area contributed by atoms with E-state index in [1.54, 1.807) is 0 Å². The van der Waals surface area contributed by atoms with Gasteiger partial charge in [0.15, 0.2) is 0 Å². The molecule has 1 aliphatic heterocycles. The Morgan fingerprint density at radius 1 is 1.07 bits per heavy atom. The molecule has 4 heterocycles. The average Bonchev–Trinajstić information content (AvgIpc) is 3.33. The molecule has 29 heavy (non-hydrogen) atoms. The molecule has 6 heteroatoms. The molecule has 2 fully saturated rings. The lowest BCUT2D eigenvalue weighted by molar-refractivity contribution is 0.0630. The summed E-state index contributed by atoms with van der Waals surface area (Å²) in [4.78, 5) is 10.8.